The molecule has 0 spiro atoms. The summed E-state index contributed by atoms with van der Waals surface area (Å²) in [4.78, 5) is 8.13. The molecule has 4 rings (SSSR count). The maximum Gasteiger partial charge on any atom is 0.155 e. The molecule has 0 saturated carbocycles. The largest absolute Gasteiger partial charge is 0.497 e. The molecule has 0 fully saturated rings. The van der Waals surface area contributed by atoms with Crippen molar-refractivity contribution in [3.63, 3.8) is 0 Å². The number of aromatic nitrogens is 5. The first-order valence-corrected chi connectivity index (χ1v) is 8.16. The van der Waals surface area contributed by atoms with Crippen LogP contribution in [0.15, 0.2) is 48.8 Å². The van der Waals surface area contributed by atoms with E-state index in [9.17, 15) is 4.39 Å². The lowest BCUT2D eigenvalue weighted by Gasteiger charge is -2.06. The molecule has 2 aromatic carbocycles. The highest BCUT2D eigenvalue weighted by Gasteiger charge is 2.15. The zero-order valence-electron chi connectivity index (χ0n) is 13.7. The van der Waals surface area contributed by atoms with Crippen LogP contribution in [0.2, 0.25) is 5.15 Å². The van der Waals surface area contributed by atoms with E-state index in [1.54, 1.807) is 13.2 Å². The Balaban J connectivity index is 1.73. The molecule has 0 unspecified atom stereocenters. The van der Waals surface area contributed by atoms with Crippen molar-refractivity contribution in [2.24, 2.45) is 0 Å². The van der Waals surface area contributed by atoms with E-state index >= 15 is 0 Å². The highest BCUT2D eigenvalue weighted by Crippen LogP contribution is 2.28. The number of nitrogens with zero attached hydrogens (tertiary/aromatic N) is 5. The number of fused-ring (bicyclic) bond motifs is 1. The summed E-state index contributed by atoms with van der Waals surface area (Å²) >= 11 is 6.05. The van der Waals surface area contributed by atoms with Gasteiger partial charge in [-0.25, -0.2) is 14.1 Å². The van der Waals surface area contributed by atoms with Gasteiger partial charge in [0, 0.05) is 18.0 Å². The van der Waals surface area contributed by atoms with Crippen molar-refractivity contribution in [1.82, 2.24) is 25.0 Å². The number of ether oxygens (including phenoxy) is 1. The van der Waals surface area contributed by atoms with Crippen LogP contribution in [0.25, 0.3) is 22.3 Å². The van der Waals surface area contributed by atoms with Crippen molar-refractivity contribution >= 4 is 22.6 Å². The van der Waals surface area contributed by atoms with Gasteiger partial charge in [-0.1, -0.05) is 28.9 Å². The van der Waals surface area contributed by atoms with Crippen LogP contribution in [0.5, 0.6) is 5.75 Å². The van der Waals surface area contributed by atoms with Crippen LogP contribution in [0.1, 0.15) is 5.56 Å². The Morgan fingerprint density at radius 3 is 2.62 bits per heavy atom. The molecule has 0 amide bonds. The Labute approximate surface area is 153 Å². The fraction of sp³-hybridized carbons (Fsp3) is 0.111. The van der Waals surface area contributed by atoms with Crippen molar-refractivity contribution in [3.8, 4) is 17.0 Å². The molecule has 0 aliphatic heterocycles. The summed E-state index contributed by atoms with van der Waals surface area (Å²) in [5.41, 5.74) is 2.61. The Morgan fingerprint density at radius 2 is 1.88 bits per heavy atom. The molecule has 0 bridgehead atoms. The van der Waals surface area contributed by atoms with E-state index in [1.165, 1.54) is 23.1 Å². The highest BCUT2D eigenvalue weighted by atomic mass is 35.5. The predicted octanol–water partition coefficient (Wildman–Crippen LogP) is 3.74. The minimum atomic E-state index is -0.447. The molecule has 4 aromatic rings. The molecule has 0 aliphatic rings. The number of hydrogen-bond acceptors (Lipinski definition) is 5. The normalized spacial score (nSPS) is 11.0. The summed E-state index contributed by atoms with van der Waals surface area (Å²) in [5.74, 6) is 0.312. The Kier molecular flexibility index (Phi) is 4.22. The highest BCUT2D eigenvalue weighted by molar-refractivity contribution is 6.31. The zero-order chi connectivity index (χ0) is 18.1. The second-order valence-electron chi connectivity index (χ2n) is 5.62. The summed E-state index contributed by atoms with van der Waals surface area (Å²) in [5, 5.41) is 8.37. The molecule has 0 aliphatic carbocycles. The molecule has 2 aromatic heterocycles. The first-order chi connectivity index (χ1) is 12.7. The van der Waals surface area contributed by atoms with Crippen molar-refractivity contribution < 1.29 is 9.13 Å². The molecular formula is C18H13ClFN5O. The fourth-order valence-corrected chi connectivity index (χ4v) is 2.94. The van der Waals surface area contributed by atoms with Gasteiger partial charge in [0.05, 0.1) is 13.7 Å². The second kappa shape index (κ2) is 6.68. The van der Waals surface area contributed by atoms with Crippen LogP contribution in [0, 0.1) is 5.82 Å². The third-order valence-electron chi connectivity index (χ3n) is 3.98. The minimum absolute atomic E-state index is 0.205. The molecule has 0 N–H and O–H groups in total. The zero-order valence-corrected chi connectivity index (χ0v) is 14.5. The van der Waals surface area contributed by atoms with Gasteiger partial charge in [-0.2, -0.15) is 0 Å². The molecule has 6 nitrogen and oxygen atoms in total. The van der Waals surface area contributed by atoms with Crippen LogP contribution < -0.4 is 4.74 Å². The lowest BCUT2D eigenvalue weighted by atomic mass is 10.1. The fourth-order valence-electron chi connectivity index (χ4n) is 2.73. The quantitative estimate of drug-likeness (QED) is 0.548. The molecule has 8 heteroatoms. The van der Waals surface area contributed by atoms with Crippen LogP contribution in [0.3, 0.4) is 0 Å². The van der Waals surface area contributed by atoms with E-state index in [-0.39, 0.29) is 5.15 Å². The van der Waals surface area contributed by atoms with Crippen LogP contribution in [0.4, 0.5) is 4.39 Å². The Bertz CT molecular complexity index is 1080. The Morgan fingerprint density at radius 1 is 1.12 bits per heavy atom. The van der Waals surface area contributed by atoms with Gasteiger partial charge in [0.25, 0.3) is 0 Å². The van der Waals surface area contributed by atoms with E-state index in [2.05, 4.69) is 20.3 Å². The summed E-state index contributed by atoms with van der Waals surface area (Å²) in [6.45, 7) is 0.392. The number of hydrogen-bond donors (Lipinski definition) is 0. The maximum atomic E-state index is 14.8. The SMILES string of the molecule is COc1ccc(Cn2nnc3cc(-c4nccnc4Cl)cc(F)c32)cc1. The van der Waals surface area contributed by atoms with Crippen molar-refractivity contribution in [1.29, 1.82) is 0 Å². The van der Waals surface area contributed by atoms with E-state index in [0.717, 1.165) is 11.3 Å². The smallest absolute Gasteiger partial charge is 0.155 e. The van der Waals surface area contributed by atoms with Gasteiger partial charge >= 0.3 is 0 Å². The molecular weight excluding hydrogens is 357 g/mol. The molecule has 0 atom stereocenters. The molecule has 26 heavy (non-hydrogen) atoms. The molecule has 130 valence electrons. The molecule has 2 heterocycles. The molecule has 0 saturated heterocycles. The van der Waals surface area contributed by atoms with E-state index in [0.29, 0.717) is 28.8 Å². The van der Waals surface area contributed by atoms with Crippen molar-refractivity contribution in [2.75, 3.05) is 7.11 Å². The predicted molar refractivity (Wildman–Crippen MR) is 95.6 cm³/mol. The average Bonchev–Trinajstić information content (AvgIpc) is 3.06. The van der Waals surface area contributed by atoms with Gasteiger partial charge in [0.2, 0.25) is 0 Å². The maximum absolute atomic E-state index is 14.8. The van der Waals surface area contributed by atoms with Gasteiger partial charge in [-0.15, -0.1) is 5.10 Å². The van der Waals surface area contributed by atoms with E-state index in [4.69, 9.17) is 16.3 Å². The summed E-state index contributed by atoms with van der Waals surface area (Å²) in [7, 11) is 1.61. The van der Waals surface area contributed by atoms with Gasteiger partial charge < -0.3 is 4.74 Å². The number of methoxy groups -OCH3 is 1. The Hall–Kier alpha value is -3.06. The molecule has 0 radical (unpaired) electrons. The third-order valence-corrected chi connectivity index (χ3v) is 4.26. The lowest BCUT2D eigenvalue weighted by Crippen LogP contribution is -2.03. The minimum Gasteiger partial charge on any atom is -0.497 e. The van der Waals surface area contributed by atoms with E-state index in [1.807, 2.05) is 24.3 Å². The summed E-state index contributed by atoms with van der Waals surface area (Å²) < 4.78 is 21.4. The monoisotopic (exact) mass is 369 g/mol. The number of halogens is 2. The van der Waals surface area contributed by atoms with Crippen LogP contribution >= 0.6 is 11.6 Å². The van der Waals surface area contributed by atoms with Crippen LogP contribution in [-0.4, -0.2) is 32.1 Å². The van der Waals surface area contributed by atoms with Crippen molar-refractivity contribution in [2.45, 2.75) is 6.54 Å². The topological polar surface area (TPSA) is 65.7 Å². The summed E-state index contributed by atoms with van der Waals surface area (Å²) in [6.07, 6.45) is 2.98. The average molecular weight is 370 g/mol. The van der Waals surface area contributed by atoms with Gasteiger partial charge in [0.15, 0.2) is 11.0 Å². The van der Waals surface area contributed by atoms with E-state index < -0.39 is 5.82 Å². The number of benzene rings is 2. The van der Waals surface area contributed by atoms with Crippen LogP contribution in [-0.2, 0) is 6.54 Å². The first-order valence-electron chi connectivity index (χ1n) is 7.78. The van der Waals surface area contributed by atoms with Gasteiger partial charge in [-0.05, 0) is 29.8 Å². The number of rotatable bonds is 4. The first kappa shape index (κ1) is 16.4. The van der Waals surface area contributed by atoms with Gasteiger partial charge in [0.1, 0.15) is 22.5 Å². The second-order valence-corrected chi connectivity index (χ2v) is 5.97. The third kappa shape index (κ3) is 2.97. The lowest BCUT2D eigenvalue weighted by molar-refractivity contribution is 0.414. The van der Waals surface area contributed by atoms with Crippen molar-refractivity contribution in [3.05, 3.63) is 65.3 Å². The summed E-state index contributed by atoms with van der Waals surface area (Å²) in [6, 6.07) is 10.6. The standard InChI is InChI=1S/C18H13ClFN5O/c1-26-13-4-2-11(3-5-13)10-25-17-14(20)8-12(9-15(17)23-24-25)16-18(19)22-7-6-21-16/h2-9H,10H2,1H3. The van der Waals surface area contributed by atoms with Gasteiger partial charge in [-0.3, -0.25) is 4.98 Å².